The molecule has 116 valence electrons. The number of esters is 1. The molecule has 0 fully saturated rings. The lowest BCUT2D eigenvalue weighted by atomic mass is 9.94. The van der Waals surface area contributed by atoms with Crippen LogP contribution < -0.4 is 0 Å². The number of carbonyl (C=O) groups is 1. The fourth-order valence-corrected chi connectivity index (χ4v) is 1.97. The molecule has 0 aliphatic heterocycles. The predicted molar refractivity (Wildman–Crippen MR) is 83.5 cm³/mol. The lowest BCUT2D eigenvalue weighted by molar-refractivity contribution is -0.134. The van der Waals surface area contributed by atoms with Crippen molar-refractivity contribution in [2.24, 2.45) is 5.92 Å². The topological polar surface area (TPSA) is 46.5 Å². The second-order valence-electron chi connectivity index (χ2n) is 6.20. The Hall–Kier alpha value is -1.09. The van der Waals surface area contributed by atoms with Gasteiger partial charge in [0.25, 0.3) is 0 Å². The van der Waals surface area contributed by atoms with Crippen LogP contribution in [0, 0.1) is 5.92 Å². The summed E-state index contributed by atoms with van der Waals surface area (Å²) in [5.74, 6) is 0.346. The first-order valence-corrected chi connectivity index (χ1v) is 7.40. The fraction of sp³-hybridized carbons (Fsp3) is 0.706. The molecule has 0 aliphatic carbocycles. The highest BCUT2D eigenvalue weighted by Crippen LogP contribution is 2.18. The molecular weight excluding hydrogens is 252 g/mol. The maximum Gasteiger partial charge on any atom is 0.330 e. The van der Waals surface area contributed by atoms with Crippen LogP contribution in [0.5, 0.6) is 0 Å². The monoisotopic (exact) mass is 282 g/mol. The van der Waals surface area contributed by atoms with E-state index in [1.54, 1.807) is 0 Å². The third-order valence-corrected chi connectivity index (χ3v) is 3.24. The molecule has 3 heteroatoms. The van der Waals surface area contributed by atoms with Gasteiger partial charge in [-0.2, -0.15) is 0 Å². The van der Waals surface area contributed by atoms with Crippen molar-refractivity contribution < 1.29 is 14.6 Å². The molecule has 0 radical (unpaired) electrons. The number of aliphatic hydroxyl groups is 1. The first-order valence-electron chi connectivity index (χ1n) is 7.40. The van der Waals surface area contributed by atoms with E-state index in [-0.39, 0.29) is 5.97 Å². The SMILES string of the molecule is COC(=O)C=C(C)C=CCCC(C)CCCC(C)(C)O. The van der Waals surface area contributed by atoms with Gasteiger partial charge in [0, 0.05) is 6.08 Å². The van der Waals surface area contributed by atoms with Crippen molar-refractivity contribution >= 4 is 5.97 Å². The van der Waals surface area contributed by atoms with Crippen LogP contribution >= 0.6 is 0 Å². The van der Waals surface area contributed by atoms with Gasteiger partial charge >= 0.3 is 5.97 Å². The normalized spacial score (nSPS) is 14.6. The van der Waals surface area contributed by atoms with E-state index >= 15 is 0 Å². The summed E-state index contributed by atoms with van der Waals surface area (Å²) in [6, 6.07) is 0. The van der Waals surface area contributed by atoms with Crippen LogP contribution in [-0.2, 0) is 9.53 Å². The minimum Gasteiger partial charge on any atom is -0.466 e. The predicted octanol–water partition coefficient (Wildman–Crippen LogP) is 4.02. The third-order valence-electron chi connectivity index (χ3n) is 3.24. The highest BCUT2D eigenvalue weighted by Gasteiger charge is 2.12. The molecule has 1 unspecified atom stereocenters. The minimum atomic E-state index is -0.546. The van der Waals surface area contributed by atoms with Crippen LogP contribution in [0.2, 0.25) is 0 Å². The minimum absolute atomic E-state index is 0.313. The standard InChI is InChI=1S/C17H30O3/c1-14(11-8-12-17(3,4)19)9-6-7-10-15(2)13-16(18)20-5/h7,10,13-14,19H,6,8-9,11-12H2,1-5H3. The maximum atomic E-state index is 11.0. The zero-order valence-corrected chi connectivity index (χ0v) is 13.6. The summed E-state index contributed by atoms with van der Waals surface area (Å²) in [6.07, 6.45) is 10.8. The average Bonchev–Trinajstić information content (AvgIpc) is 2.33. The molecule has 1 N–H and O–H groups in total. The van der Waals surface area contributed by atoms with Gasteiger partial charge in [0.2, 0.25) is 0 Å². The van der Waals surface area contributed by atoms with Crippen molar-refractivity contribution in [3.8, 4) is 0 Å². The Morgan fingerprint density at radius 3 is 2.55 bits per heavy atom. The zero-order valence-electron chi connectivity index (χ0n) is 13.6. The van der Waals surface area contributed by atoms with Gasteiger partial charge in [0.05, 0.1) is 12.7 Å². The summed E-state index contributed by atoms with van der Waals surface area (Å²) < 4.78 is 4.57. The number of rotatable bonds is 9. The summed E-state index contributed by atoms with van der Waals surface area (Å²) in [5, 5.41) is 9.64. The Balaban J connectivity index is 3.83. The molecule has 0 rings (SSSR count). The molecular formula is C17H30O3. The number of hydrogen-bond donors (Lipinski definition) is 1. The van der Waals surface area contributed by atoms with Crippen molar-refractivity contribution in [2.75, 3.05) is 7.11 Å². The van der Waals surface area contributed by atoms with E-state index in [1.807, 2.05) is 26.8 Å². The molecule has 0 aliphatic rings. The van der Waals surface area contributed by atoms with Gasteiger partial charge in [-0.25, -0.2) is 4.79 Å². The van der Waals surface area contributed by atoms with Crippen molar-refractivity contribution in [3.63, 3.8) is 0 Å². The summed E-state index contributed by atoms with van der Waals surface area (Å²) in [5.41, 5.74) is 0.363. The molecule has 0 aromatic carbocycles. The lowest BCUT2D eigenvalue weighted by Gasteiger charge is -2.18. The van der Waals surface area contributed by atoms with Crippen molar-refractivity contribution in [1.29, 1.82) is 0 Å². The van der Waals surface area contributed by atoms with Gasteiger partial charge in [-0.05, 0) is 51.5 Å². The van der Waals surface area contributed by atoms with Crippen LogP contribution in [0.15, 0.2) is 23.8 Å². The van der Waals surface area contributed by atoms with Gasteiger partial charge in [-0.3, -0.25) is 0 Å². The molecule has 0 bridgehead atoms. The smallest absolute Gasteiger partial charge is 0.330 e. The van der Waals surface area contributed by atoms with Gasteiger partial charge in [0.1, 0.15) is 0 Å². The Morgan fingerprint density at radius 1 is 1.35 bits per heavy atom. The van der Waals surface area contributed by atoms with Crippen LogP contribution in [0.3, 0.4) is 0 Å². The Labute approximate surface area is 123 Å². The van der Waals surface area contributed by atoms with Crippen molar-refractivity contribution in [3.05, 3.63) is 23.8 Å². The van der Waals surface area contributed by atoms with Crippen molar-refractivity contribution in [1.82, 2.24) is 0 Å². The highest BCUT2D eigenvalue weighted by atomic mass is 16.5. The summed E-state index contributed by atoms with van der Waals surface area (Å²) >= 11 is 0. The third kappa shape index (κ3) is 12.0. The van der Waals surface area contributed by atoms with Crippen LogP contribution in [0.25, 0.3) is 0 Å². The van der Waals surface area contributed by atoms with E-state index in [4.69, 9.17) is 0 Å². The first-order chi connectivity index (χ1) is 9.24. The first kappa shape index (κ1) is 18.9. The fourth-order valence-electron chi connectivity index (χ4n) is 1.97. The molecule has 0 saturated carbocycles. The van der Waals surface area contributed by atoms with Crippen molar-refractivity contribution in [2.45, 2.75) is 65.4 Å². The molecule has 0 aromatic rings. The van der Waals surface area contributed by atoms with E-state index in [2.05, 4.69) is 17.7 Å². The summed E-state index contributed by atoms with van der Waals surface area (Å²) in [6.45, 7) is 7.85. The van der Waals surface area contributed by atoms with Gasteiger partial charge in [-0.1, -0.05) is 31.9 Å². The molecule has 0 amide bonds. The van der Waals surface area contributed by atoms with E-state index < -0.39 is 5.60 Å². The summed E-state index contributed by atoms with van der Waals surface area (Å²) in [4.78, 5) is 11.0. The summed E-state index contributed by atoms with van der Waals surface area (Å²) in [7, 11) is 1.38. The molecule has 0 spiro atoms. The lowest BCUT2D eigenvalue weighted by Crippen LogP contribution is -2.18. The molecule has 20 heavy (non-hydrogen) atoms. The average molecular weight is 282 g/mol. The Morgan fingerprint density at radius 2 is 2.00 bits per heavy atom. The number of ether oxygens (including phenoxy) is 1. The maximum absolute atomic E-state index is 11.0. The quantitative estimate of drug-likeness (QED) is 0.395. The Kier molecular flexibility index (Phi) is 9.23. The second kappa shape index (κ2) is 9.76. The number of hydrogen-bond acceptors (Lipinski definition) is 3. The van der Waals surface area contributed by atoms with Crippen LogP contribution in [0.4, 0.5) is 0 Å². The molecule has 0 aromatic heterocycles. The molecule has 0 saturated heterocycles. The largest absolute Gasteiger partial charge is 0.466 e. The van der Waals surface area contributed by atoms with Gasteiger partial charge in [0.15, 0.2) is 0 Å². The van der Waals surface area contributed by atoms with E-state index in [0.29, 0.717) is 5.92 Å². The van der Waals surface area contributed by atoms with E-state index in [1.165, 1.54) is 13.2 Å². The number of carbonyl (C=O) groups excluding carboxylic acids is 1. The Bertz CT molecular complexity index is 335. The molecule has 3 nitrogen and oxygen atoms in total. The molecule has 0 heterocycles. The van der Waals surface area contributed by atoms with Crippen LogP contribution in [0.1, 0.15) is 59.8 Å². The second-order valence-corrected chi connectivity index (χ2v) is 6.20. The van der Waals surface area contributed by atoms with Gasteiger partial charge in [-0.15, -0.1) is 0 Å². The van der Waals surface area contributed by atoms with Gasteiger partial charge < -0.3 is 9.84 Å². The number of allylic oxidation sites excluding steroid dienone is 3. The van der Waals surface area contributed by atoms with E-state index in [9.17, 15) is 9.90 Å². The molecule has 1 atom stereocenters. The van der Waals surface area contributed by atoms with Crippen LogP contribution in [-0.4, -0.2) is 23.8 Å². The zero-order chi connectivity index (χ0) is 15.6. The van der Waals surface area contributed by atoms with E-state index in [0.717, 1.165) is 37.7 Å². The highest BCUT2D eigenvalue weighted by molar-refractivity contribution is 5.83. The number of methoxy groups -OCH3 is 1.